The lowest BCUT2D eigenvalue weighted by molar-refractivity contribution is -0.124. The van der Waals surface area contributed by atoms with Crippen LogP contribution in [0.5, 0.6) is 0 Å². The molecule has 2 heterocycles. The van der Waals surface area contributed by atoms with Crippen molar-refractivity contribution >= 4 is 11.8 Å². The number of carbonyl (C=O) groups excluding carboxylic acids is 2. The normalized spacial score (nSPS) is 10.7. The van der Waals surface area contributed by atoms with E-state index in [1.165, 1.54) is 0 Å². The van der Waals surface area contributed by atoms with Crippen molar-refractivity contribution in [3.63, 3.8) is 0 Å². The quantitative estimate of drug-likeness (QED) is 0.662. The summed E-state index contributed by atoms with van der Waals surface area (Å²) in [6, 6.07) is 10.9. The monoisotopic (exact) mass is 377 g/mol. The highest BCUT2D eigenvalue weighted by Gasteiger charge is 2.09. The third-order valence-electron chi connectivity index (χ3n) is 4.22. The van der Waals surface area contributed by atoms with Crippen LogP contribution in [0.15, 0.2) is 61.2 Å². The van der Waals surface area contributed by atoms with Crippen LogP contribution in [-0.4, -0.2) is 26.6 Å². The predicted octanol–water partition coefficient (Wildman–Crippen LogP) is 2.47. The van der Waals surface area contributed by atoms with E-state index >= 15 is 0 Å². The molecule has 0 aliphatic rings. The van der Waals surface area contributed by atoms with Crippen molar-refractivity contribution < 1.29 is 9.59 Å². The zero-order valence-electron chi connectivity index (χ0n) is 15.9. The fourth-order valence-electron chi connectivity index (χ4n) is 2.54. The minimum Gasteiger partial charge on any atom is -0.352 e. The number of nitrogens with one attached hydrogen (secondary N) is 2. The summed E-state index contributed by atoms with van der Waals surface area (Å²) in [6.07, 6.45) is 6.97. The number of carbonyl (C=O) groups is 2. The van der Waals surface area contributed by atoms with Gasteiger partial charge in [0.15, 0.2) is 0 Å². The van der Waals surface area contributed by atoms with Gasteiger partial charge in [-0.3, -0.25) is 14.6 Å². The molecule has 0 radical (unpaired) electrons. The molecule has 0 spiro atoms. The van der Waals surface area contributed by atoms with Gasteiger partial charge in [-0.25, -0.2) is 4.68 Å². The Kier molecular flexibility index (Phi) is 6.16. The van der Waals surface area contributed by atoms with Gasteiger partial charge in [-0.05, 0) is 42.0 Å². The summed E-state index contributed by atoms with van der Waals surface area (Å²) >= 11 is 0. The predicted molar refractivity (Wildman–Crippen MR) is 106 cm³/mol. The maximum atomic E-state index is 12.3. The number of pyridine rings is 1. The summed E-state index contributed by atoms with van der Waals surface area (Å²) in [5, 5.41) is 10.1. The lowest BCUT2D eigenvalue weighted by Crippen LogP contribution is -2.26. The van der Waals surface area contributed by atoms with E-state index in [0.717, 1.165) is 16.8 Å². The molecule has 3 rings (SSSR count). The highest BCUT2D eigenvalue weighted by Crippen LogP contribution is 2.11. The molecule has 0 aliphatic heterocycles. The van der Waals surface area contributed by atoms with Crippen LogP contribution in [0.25, 0.3) is 5.69 Å². The molecular formula is C21H23N5O2. The largest absolute Gasteiger partial charge is 0.352 e. The highest BCUT2D eigenvalue weighted by atomic mass is 16.2. The van der Waals surface area contributed by atoms with E-state index < -0.39 is 0 Å². The van der Waals surface area contributed by atoms with Crippen molar-refractivity contribution in [2.75, 3.05) is 0 Å². The maximum Gasteiger partial charge on any atom is 0.251 e. The van der Waals surface area contributed by atoms with E-state index in [1.54, 1.807) is 35.4 Å². The summed E-state index contributed by atoms with van der Waals surface area (Å²) < 4.78 is 1.72. The molecule has 0 saturated carbocycles. The van der Waals surface area contributed by atoms with Gasteiger partial charge in [-0.1, -0.05) is 13.8 Å². The topological polar surface area (TPSA) is 88.9 Å². The fraction of sp³-hybridized carbons (Fsp3) is 0.238. The summed E-state index contributed by atoms with van der Waals surface area (Å²) in [4.78, 5) is 27.9. The first-order chi connectivity index (χ1) is 13.5. The molecular weight excluding hydrogens is 354 g/mol. The first-order valence-electron chi connectivity index (χ1n) is 9.11. The average Bonchev–Trinajstić information content (AvgIpc) is 3.20. The van der Waals surface area contributed by atoms with E-state index in [2.05, 4.69) is 20.7 Å². The number of hydrogen-bond donors (Lipinski definition) is 2. The molecule has 7 heteroatoms. The number of hydrogen-bond acceptors (Lipinski definition) is 4. The van der Waals surface area contributed by atoms with Crippen LogP contribution < -0.4 is 10.6 Å². The average molecular weight is 377 g/mol. The molecule has 3 aromatic rings. The molecule has 2 aromatic heterocycles. The van der Waals surface area contributed by atoms with Crippen molar-refractivity contribution in [2.45, 2.75) is 26.9 Å². The molecule has 144 valence electrons. The Morgan fingerprint density at radius 1 is 0.964 bits per heavy atom. The zero-order valence-corrected chi connectivity index (χ0v) is 15.9. The molecule has 2 amide bonds. The van der Waals surface area contributed by atoms with Crippen molar-refractivity contribution in [3.05, 3.63) is 77.9 Å². The molecule has 1 aromatic carbocycles. The van der Waals surface area contributed by atoms with Crippen LogP contribution in [0.3, 0.4) is 0 Å². The standard InChI is InChI=1S/C21H23N5O2/c1-15(2)20(27)23-12-17-13-25-26(14-17)19-5-3-18(4-6-19)21(28)24-11-16-7-9-22-10-8-16/h3-10,13-15H,11-12H2,1-2H3,(H,23,27)(H,24,28). The summed E-state index contributed by atoms with van der Waals surface area (Å²) in [5.74, 6) is -0.178. The number of nitrogens with zero attached hydrogens (tertiary/aromatic N) is 3. The van der Waals surface area contributed by atoms with Crippen LogP contribution in [0, 0.1) is 5.92 Å². The minimum absolute atomic E-state index is 0.00915. The summed E-state index contributed by atoms with van der Waals surface area (Å²) in [6.45, 7) is 4.60. The van der Waals surface area contributed by atoms with Gasteiger partial charge in [-0.2, -0.15) is 5.10 Å². The molecule has 2 N–H and O–H groups in total. The SMILES string of the molecule is CC(C)C(=O)NCc1cnn(-c2ccc(C(=O)NCc3ccncc3)cc2)c1. The third kappa shape index (κ3) is 5.03. The third-order valence-corrected chi connectivity index (χ3v) is 4.22. The van der Waals surface area contributed by atoms with Gasteiger partial charge in [0.05, 0.1) is 11.9 Å². The zero-order chi connectivity index (χ0) is 19.9. The van der Waals surface area contributed by atoms with Gasteiger partial charge in [-0.15, -0.1) is 0 Å². The van der Waals surface area contributed by atoms with Crippen LogP contribution in [0.4, 0.5) is 0 Å². The van der Waals surface area contributed by atoms with Gasteiger partial charge in [0.1, 0.15) is 0 Å². The Morgan fingerprint density at radius 3 is 2.32 bits per heavy atom. The van der Waals surface area contributed by atoms with Crippen LogP contribution >= 0.6 is 0 Å². The van der Waals surface area contributed by atoms with Gasteiger partial charge < -0.3 is 10.6 Å². The van der Waals surface area contributed by atoms with Gasteiger partial charge in [0, 0.05) is 48.7 Å². The second-order valence-corrected chi connectivity index (χ2v) is 6.75. The molecule has 28 heavy (non-hydrogen) atoms. The first-order valence-corrected chi connectivity index (χ1v) is 9.11. The molecule has 0 fully saturated rings. The molecule has 0 aliphatic carbocycles. The van der Waals surface area contributed by atoms with Crippen molar-refractivity contribution in [2.24, 2.45) is 5.92 Å². The van der Waals surface area contributed by atoms with Crippen LogP contribution in [0.2, 0.25) is 0 Å². The molecule has 0 unspecified atom stereocenters. The van der Waals surface area contributed by atoms with E-state index in [0.29, 0.717) is 18.7 Å². The first kappa shape index (κ1) is 19.3. The molecule has 0 saturated heterocycles. The van der Waals surface area contributed by atoms with Gasteiger partial charge in [0.2, 0.25) is 5.91 Å². The molecule has 0 atom stereocenters. The Labute approximate surface area is 163 Å². The van der Waals surface area contributed by atoms with Crippen LogP contribution in [0.1, 0.15) is 35.3 Å². The maximum absolute atomic E-state index is 12.3. The lowest BCUT2D eigenvalue weighted by Gasteiger charge is -2.07. The van der Waals surface area contributed by atoms with Gasteiger partial charge in [0.25, 0.3) is 5.91 Å². The Morgan fingerprint density at radius 2 is 1.64 bits per heavy atom. The van der Waals surface area contributed by atoms with Crippen molar-refractivity contribution in [1.29, 1.82) is 0 Å². The number of rotatable bonds is 7. The second kappa shape index (κ2) is 8.94. The van der Waals surface area contributed by atoms with E-state index in [9.17, 15) is 9.59 Å². The summed E-state index contributed by atoms with van der Waals surface area (Å²) in [5.41, 5.74) is 3.32. The molecule has 0 bridgehead atoms. The Hall–Kier alpha value is -3.48. The van der Waals surface area contributed by atoms with Crippen molar-refractivity contribution in [3.8, 4) is 5.69 Å². The highest BCUT2D eigenvalue weighted by molar-refractivity contribution is 5.94. The van der Waals surface area contributed by atoms with E-state index in [4.69, 9.17) is 0 Å². The van der Waals surface area contributed by atoms with E-state index in [1.807, 2.05) is 44.3 Å². The Balaban J connectivity index is 1.58. The van der Waals surface area contributed by atoms with Crippen LogP contribution in [-0.2, 0) is 17.9 Å². The molecule has 7 nitrogen and oxygen atoms in total. The van der Waals surface area contributed by atoms with Gasteiger partial charge >= 0.3 is 0 Å². The number of amides is 2. The second-order valence-electron chi connectivity index (χ2n) is 6.75. The summed E-state index contributed by atoms with van der Waals surface area (Å²) in [7, 11) is 0. The van der Waals surface area contributed by atoms with E-state index in [-0.39, 0.29) is 17.7 Å². The Bertz CT molecular complexity index is 933. The smallest absolute Gasteiger partial charge is 0.251 e. The number of aromatic nitrogens is 3. The fourth-order valence-corrected chi connectivity index (χ4v) is 2.54. The van der Waals surface area contributed by atoms with Crippen molar-refractivity contribution in [1.82, 2.24) is 25.4 Å². The minimum atomic E-state index is -0.138. The lowest BCUT2D eigenvalue weighted by atomic mass is 10.2. The number of benzene rings is 1.